The zero-order valence-electron chi connectivity index (χ0n) is 32.7. The van der Waals surface area contributed by atoms with E-state index in [0.29, 0.717) is 46.9 Å². The number of phenolic OH excluding ortho intramolecular Hbond substituents is 2. The molecule has 0 aliphatic heterocycles. The standard InChI is InChI=1S/C39H53N9O8S2/c1-23(49)44-34(20-27-21-41-22-43-27)39(56)48-33(19-26-9-13-29(51)14-10-26)38(55)46-31(6-4-5-16-42-24(2)57)36(53)47-32(18-25-7-11-28(50)12-8-25)37(54)45-30(35(40)52)15-17-58-3/h7-14,21-22,30-34,50-51H,4-6,15-20H2,1-3H3,(H2,40,52)(H,41,43)(H,42,57)(H,44,49)(H,45,54)(H,46,55)(H,47,53)(H,48,56)/t30-,31-,32-,33-,34-/m0/s1. The second-order valence-corrected chi connectivity index (χ2v) is 15.3. The number of hydrogen-bond acceptors (Lipinski definition) is 11. The number of nitrogens with zero attached hydrogens (tertiary/aromatic N) is 1. The van der Waals surface area contributed by atoms with Crippen molar-refractivity contribution < 1.29 is 39.0 Å². The minimum Gasteiger partial charge on any atom is -0.508 e. The van der Waals surface area contributed by atoms with Crippen LogP contribution in [0.5, 0.6) is 11.5 Å². The molecule has 58 heavy (non-hydrogen) atoms. The highest BCUT2D eigenvalue weighted by Crippen LogP contribution is 2.15. The zero-order valence-corrected chi connectivity index (χ0v) is 34.3. The van der Waals surface area contributed by atoms with Crippen LogP contribution in [-0.2, 0) is 48.0 Å². The van der Waals surface area contributed by atoms with Crippen LogP contribution in [0.1, 0.15) is 56.4 Å². The monoisotopic (exact) mass is 839 g/mol. The van der Waals surface area contributed by atoms with Gasteiger partial charge in [0.1, 0.15) is 41.7 Å². The lowest BCUT2D eigenvalue weighted by Gasteiger charge is -2.27. The minimum absolute atomic E-state index is 0.000556. The van der Waals surface area contributed by atoms with Crippen LogP contribution in [0, 0.1) is 0 Å². The Labute approximate surface area is 346 Å². The van der Waals surface area contributed by atoms with Gasteiger partial charge in [0, 0.05) is 44.6 Å². The van der Waals surface area contributed by atoms with Crippen LogP contribution in [-0.4, -0.2) is 109 Å². The number of aromatic hydroxyl groups is 2. The van der Waals surface area contributed by atoms with E-state index in [0.717, 1.165) is 0 Å². The first kappa shape index (κ1) is 46.7. The van der Waals surface area contributed by atoms with Crippen molar-refractivity contribution in [2.24, 2.45) is 5.73 Å². The Kier molecular flexibility index (Phi) is 19.5. The predicted octanol–water partition coefficient (Wildman–Crippen LogP) is 0.638. The van der Waals surface area contributed by atoms with Crippen LogP contribution in [0.2, 0.25) is 0 Å². The number of hydrogen-bond donors (Lipinski definition) is 10. The first-order valence-electron chi connectivity index (χ1n) is 18.7. The molecule has 0 aliphatic rings. The summed E-state index contributed by atoms with van der Waals surface area (Å²) >= 11 is 6.57. The van der Waals surface area contributed by atoms with Gasteiger partial charge in [-0.15, -0.1) is 0 Å². The van der Waals surface area contributed by atoms with Crippen LogP contribution >= 0.6 is 24.0 Å². The van der Waals surface area contributed by atoms with E-state index in [1.807, 2.05) is 6.26 Å². The third-order valence-electron chi connectivity index (χ3n) is 8.89. The lowest BCUT2D eigenvalue weighted by molar-refractivity contribution is -0.135. The van der Waals surface area contributed by atoms with Crippen LogP contribution in [0.3, 0.4) is 0 Å². The van der Waals surface area contributed by atoms with Crippen molar-refractivity contribution in [1.82, 2.24) is 41.9 Å². The quantitative estimate of drug-likeness (QED) is 0.0440. The fourth-order valence-electron chi connectivity index (χ4n) is 5.84. The number of benzene rings is 2. The average Bonchev–Trinajstić information content (AvgIpc) is 3.69. The molecule has 3 rings (SSSR count). The molecule has 3 aromatic rings. The summed E-state index contributed by atoms with van der Waals surface area (Å²) in [6, 6.07) is 6.24. The molecule has 0 saturated carbocycles. The second-order valence-electron chi connectivity index (χ2n) is 13.7. The van der Waals surface area contributed by atoms with Crippen molar-refractivity contribution in [3.05, 3.63) is 77.9 Å². The molecule has 0 fully saturated rings. The maximum absolute atomic E-state index is 14.2. The summed E-state index contributed by atoms with van der Waals surface area (Å²) in [6.07, 6.45) is 6.10. The van der Waals surface area contributed by atoms with Gasteiger partial charge in [0.25, 0.3) is 0 Å². The molecule has 2 aromatic carbocycles. The first-order valence-corrected chi connectivity index (χ1v) is 20.5. The van der Waals surface area contributed by atoms with E-state index >= 15 is 0 Å². The number of thiocarbonyl (C=S) groups is 1. The number of aromatic nitrogens is 2. The number of thioether (sulfide) groups is 1. The summed E-state index contributed by atoms with van der Waals surface area (Å²) in [5.41, 5.74) is 7.30. The molecular weight excluding hydrogens is 787 g/mol. The zero-order chi connectivity index (χ0) is 42.6. The van der Waals surface area contributed by atoms with E-state index in [9.17, 15) is 39.0 Å². The van der Waals surface area contributed by atoms with Crippen molar-refractivity contribution in [3.63, 3.8) is 0 Å². The fourth-order valence-corrected chi connectivity index (χ4v) is 6.42. The Morgan fingerprint density at radius 3 is 1.64 bits per heavy atom. The molecular formula is C39H53N9O8S2. The van der Waals surface area contributed by atoms with Gasteiger partial charge in [-0.2, -0.15) is 11.8 Å². The highest BCUT2D eigenvalue weighted by atomic mass is 32.2. The summed E-state index contributed by atoms with van der Waals surface area (Å²) in [5.74, 6) is -3.50. The van der Waals surface area contributed by atoms with Crippen molar-refractivity contribution in [3.8, 4) is 11.5 Å². The van der Waals surface area contributed by atoms with Crippen molar-refractivity contribution >= 4 is 64.4 Å². The van der Waals surface area contributed by atoms with Gasteiger partial charge in [-0.25, -0.2) is 4.98 Å². The van der Waals surface area contributed by atoms with Gasteiger partial charge in [0.15, 0.2) is 0 Å². The molecule has 19 heteroatoms. The Bertz CT molecular complexity index is 1830. The molecule has 0 unspecified atom stereocenters. The SMILES string of the molecule is CSCC[C@H](NC(=O)[C@H](Cc1ccc(O)cc1)NC(=O)[C@H](CCCCNC(C)=S)NC(=O)[C@H](Cc1ccc(O)cc1)NC(=O)[C@H](Cc1cnc[nH]1)NC(C)=O)C(N)=O. The number of carbonyl (C=O) groups excluding carboxylic acids is 6. The topological polar surface area (TPSA) is 270 Å². The Hall–Kier alpha value is -5.69. The number of imidazole rings is 1. The van der Waals surface area contributed by atoms with E-state index < -0.39 is 65.7 Å². The fraction of sp³-hybridized carbons (Fsp3) is 0.436. The van der Waals surface area contributed by atoms with Gasteiger partial charge in [-0.05, 0) is 80.0 Å². The molecule has 0 bridgehead atoms. The van der Waals surface area contributed by atoms with Crippen LogP contribution in [0.4, 0.5) is 0 Å². The molecule has 17 nitrogen and oxygen atoms in total. The number of phenols is 2. The summed E-state index contributed by atoms with van der Waals surface area (Å²) < 4.78 is 0. The van der Waals surface area contributed by atoms with E-state index in [1.165, 1.54) is 55.5 Å². The number of primary amides is 1. The molecule has 1 heterocycles. The van der Waals surface area contributed by atoms with Crippen LogP contribution in [0.25, 0.3) is 0 Å². The van der Waals surface area contributed by atoms with Crippen molar-refractivity contribution in [1.29, 1.82) is 0 Å². The van der Waals surface area contributed by atoms with Gasteiger partial charge in [0.05, 0.1) is 11.3 Å². The number of unbranched alkanes of at least 4 members (excludes halogenated alkanes) is 1. The molecule has 0 aliphatic carbocycles. The normalized spacial score (nSPS) is 13.4. The van der Waals surface area contributed by atoms with Gasteiger partial charge >= 0.3 is 0 Å². The first-order chi connectivity index (χ1) is 27.6. The van der Waals surface area contributed by atoms with Crippen molar-refractivity contribution in [2.75, 3.05) is 18.6 Å². The third-order valence-corrected chi connectivity index (χ3v) is 9.68. The van der Waals surface area contributed by atoms with E-state index in [2.05, 4.69) is 41.9 Å². The number of carbonyl (C=O) groups is 6. The van der Waals surface area contributed by atoms with Gasteiger partial charge in [0.2, 0.25) is 35.4 Å². The second kappa shape index (κ2) is 24.2. The molecule has 6 amide bonds. The summed E-state index contributed by atoms with van der Waals surface area (Å²) in [4.78, 5) is 87.7. The minimum atomic E-state index is -1.27. The van der Waals surface area contributed by atoms with E-state index in [4.69, 9.17) is 18.0 Å². The smallest absolute Gasteiger partial charge is 0.243 e. The van der Waals surface area contributed by atoms with E-state index in [1.54, 1.807) is 31.2 Å². The number of H-pyrrole nitrogens is 1. The summed E-state index contributed by atoms with van der Waals surface area (Å²) in [5, 5.41) is 36.3. The van der Waals surface area contributed by atoms with Crippen molar-refractivity contribution in [2.45, 2.75) is 89.0 Å². The van der Waals surface area contributed by atoms with Gasteiger partial charge in [-0.1, -0.05) is 36.5 Å². The third kappa shape index (κ3) is 16.8. The molecule has 5 atom stereocenters. The Balaban J connectivity index is 1.94. The highest BCUT2D eigenvalue weighted by Gasteiger charge is 2.32. The average molecular weight is 840 g/mol. The van der Waals surface area contributed by atoms with Gasteiger partial charge < -0.3 is 52.8 Å². The summed E-state index contributed by atoms with van der Waals surface area (Å²) in [7, 11) is 0. The summed E-state index contributed by atoms with van der Waals surface area (Å²) in [6.45, 7) is 3.51. The van der Waals surface area contributed by atoms with Gasteiger partial charge in [-0.3, -0.25) is 28.8 Å². The number of amides is 6. The number of nitrogens with two attached hydrogens (primary N) is 1. The maximum atomic E-state index is 14.2. The number of aromatic amines is 1. The predicted molar refractivity (Wildman–Crippen MR) is 224 cm³/mol. The molecule has 11 N–H and O–H groups in total. The molecule has 0 radical (unpaired) electrons. The lowest BCUT2D eigenvalue weighted by atomic mass is 10.0. The largest absolute Gasteiger partial charge is 0.508 e. The maximum Gasteiger partial charge on any atom is 0.243 e. The lowest BCUT2D eigenvalue weighted by Crippen LogP contribution is -2.59. The van der Waals surface area contributed by atoms with Crippen LogP contribution < -0.4 is 37.6 Å². The van der Waals surface area contributed by atoms with E-state index in [-0.39, 0.29) is 43.6 Å². The molecule has 1 aromatic heterocycles. The Morgan fingerprint density at radius 1 is 0.707 bits per heavy atom. The number of rotatable bonds is 24. The molecule has 0 saturated heterocycles. The highest BCUT2D eigenvalue weighted by molar-refractivity contribution is 7.98. The molecule has 0 spiro atoms. The molecule has 314 valence electrons. The van der Waals surface area contributed by atoms with Crippen LogP contribution in [0.15, 0.2) is 61.1 Å². The number of nitrogens with one attached hydrogen (secondary N) is 7. The Morgan fingerprint density at radius 2 is 1.19 bits per heavy atom.